The number of aliphatic hydroxyl groups excluding tert-OH is 1. The van der Waals surface area contributed by atoms with E-state index in [0.29, 0.717) is 0 Å². The number of methoxy groups -OCH3 is 1. The molecule has 0 aromatic carbocycles. The number of hydrogen-bond donors (Lipinski definition) is 1. The zero-order chi connectivity index (χ0) is 10.4. The molecule has 0 bridgehead atoms. The van der Waals surface area contributed by atoms with Crippen molar-refractivity contribution in [1.29, 1.82) is 0 Å². The summed E-state index contributed by atoms with van der Waals surface area (Å²) in [6.45, 7) is 4.02. The Hall–Kier alpha value is -1.36. The van der Waals surface area contributed by atoms with Crippen molar-refractivity contribution >= 4 is 11.9 Å². The van der Waals surface area contributed by atoms with Crippen molar-refractivity contribution in [3.05, 3.63) is 12.2 Å². The van der Waals surface area contributed by atoms with E-state index >= 15 is 0 Å². The van der Waals surface area contributed by atoms with Gasteiger partial charge in [0, 0.05) is 6.92 Å². The van der Waals surface area contributed by atoms with Gasteiger partial charge in [0.1, 0.15) is 0 Å². The second-order valence-electron chi connectivity index (χ2n) is 2.30. The lowest BCUT2D eigenvalue weighted by molar-refractivity contribution is -0.148. The maximum absolute atomic E-state index is 10.9. The van der Waals surface area contributed by atoms with Crippen LogP contribution in [0.2, 0.25) is 0 Å². The van der Waals surface area contributed by atoms with Gasteiger partial charge in [-0.3, -0.25) is 4.79 Å². The topological polar surface area (TPSA) is 72.8 Å². The van der Waals surface area contributed by atoms with Crippen LogP contribution in [0.15, 0.2) is 12.2 Å². The molecule has 74 valence electrons. The molecular formula is C8H12O5. The van der Waals surface area contributed by atoms with Crippen LogP contribution in [0, 0.1) is 0 Å². The highest BCUT2D eigenvalue weighted by molar-refractivity contribution is 5.89. The van der Waals surface area contributed by atoms with Gasteiger partial charge in [0.25, 0.3) is 0 Å². The Kier molecular flexibility index (Phi) is 4.76. The van der Waals surface area contributed by atoms with Crippen molar-refractivity contribution in [3.63, 3.8) is 0 Å². The Morgan fingerprint density at radius 1 is 1.54 bits per heavy atom. The van der Waals surface area contributed by atoms with Crippen LogP contribution in [-0.4, -0.2) is 36.9 Å². The van der Waals surface area contributed by atoms with Gasteiger partial charge in [0.05, 0.1) is 19.3 Å². The fraction of sp³-hybridized carbons (Fsp3) is 0.500. The summed E-state index contributed by atoms with van der Waals surface area (Å²) in [6.07, 6.45) is -1.02. The number of carbonyl (C=O) groups is 2. The van der Waals surface area contributed by atoms with E-state index in [2.05, 4.69) is 16.1 Å². The van der Waals surface area contributed by atoms with Crippen molar-refractivity contribution in [2.24, 2.45) is 0 Å². The summed E-state index contributed by atoms with van der Waals surface area (Å²) in [4.78, 5) is 21.4. The Balaban J connectivity index is 4.31. The molecular weight excluding hydrogens is 176 g/mol. The highest BCUT2D eigenvalue weighted by atomic mass is 16.6. The lowest BCUT2D eigenvalue weighted by Gasteiger charge is -2.14. The van der Waals surface area contributed by atoms with Crippen LogP contribution in [0.4, 0.5) is 0 Å². The molecule has 0 saturated heterocycles. The predicted octanol–water partition coefficient (Wildman–Crippen LogP) is -0.360. The number of carbonyl (C=O) groups excluding carboxylic acids is 2. The molecule has 0 radical (unpaired) electrons. The van der Waals surface area contributed by atoms with E-state index in [9.17, 15) is 9.59 Å². The standard InChI is InChI=1S/C8H12O5/c1-5(8(11)12-3)7(4-9)13-6(2)10/h7,9H,1,4H2,2-3H3/t7-/m0/s1. The number of rotatable bonds is 4. The first-order valence-electron chi connectivity index (χ1n) is 3.58. The summed E-state index contributed by atoms with van der Waals surface area (Å²) < 4.78 is 8.93. The van der Waals surface area contributed by atoms with E-state index in [-0.39, 0.29) is 5.57 Å². The van der Waals surface area contributed by atoms with Crippen LogP contribution in [0.25, 0.3) is 0 Å². The summed E-state index contributed by atoms with van der Waals surface area (Å²) in [5.74, 6) is -1.30. The highest BCUT2D eigenvalue weighted by Gasteiger charge is 2.21. The first-order chi connectivity index (χ1) is 6.02. The molecule has 1 atom stereocenters. The van der Waals surface area contributed by atoms with E-state index in [4.69, 9.17) is 5.11 Å². The summed E-state index contributed by atoms with van der Waals surface area (Å²) in [7, 11) is 1.18. The maximum atomic E-state index is 10.9. The molecule has 0 amide bonds. The Morgan fingerprint density at radius 2 is 2.08 bits per heavy atom. The van der Waals surface area contributed by atoms with Crippen molar-refractivity contribution < 1.29 is 24.2 Å². The third kappa shape index (κ3) is 3.71. The average Bonchev–Trinajstić information content (AvgIpc) is 2.11. The minimum atomic E-state index is -1.02. The molecule has 13 heavy (non-hydrogen) atoms. The highest BCUT2D eigenvalue weighted by Crippen LogP contribution is 2.06. The number of hydrogen-bond acceptors (Lipinski definition) is 5. The van der Waals surface area contributed by atoms with E-state index in [1.807, 2.05) is 0 Å². The summed E-state index contributed by atoms with van der Waals surface area (Å²) >= 11 is 0. The van der Waals surface area contributed by atoms with Gasteiger partial charge in [-0.2, -0.15) is 0 Å². The van der Waals surface area contributed by atoms with Gasteiger partial charge in [-0.25, -0.2) is 4.79 Å². The van der Waals surface area contributed by atoms with Gasteiger partial charge < -0.3 is 14.6 Å². The molecule has 0 spiro atoms. The Morgan fingerprint density at radius 3 is 2.38 bits per heavy atom. The first-order valence-corrected chi connectivity index (χ1v) is 3.58. The maximum Gasteiger partial charge on any atom is 0.336 e. The second kappa shape index (κ2) is 5.31. The van der Waals surface area contributed by atoms with Crippen molar-refractivity contribution in [2.45, 2.75) is 13.0 Å². The van der Waals surface area contributed by atoms with Crippen LogP contribution in [0.5, 0.6) is 0 Å². The molecule has 0 rings (SSSR count). The average molecular weight is 188 g/mol. The molecule has 0 aliphatic rings. The zero-order valence-corrected chi connectivity index (χ0v) is 7.57. The number of ether oxygens (including phenoxy) is 2. The molecule has 0 aliphatic heterocycles. The number of esters is 2. The fourth-order valence-corrected chi connectivity index (χ4v) is 0.681. The van der Waals surface area contributed by atoms with Crippen LogP contribution < -0.4 is 0 Å². The smallest absolute Gasteiger partial charge is 0.336 e. The number of aliphatic hydroxyl groups is 1. The van der Waals surface area contributed by atoms with Crippen LogP contribution in [0.3, 0.4) is 0 Å². The third-order valence-corrected chi connectivity index (χ3v) is 1.31. The van der Waals surface area contributed by atoms with Gasteiger partial charge in [-0.15, -0.1) is 0 Å². The van der Waals surface area contributed by atoms with Gasteiger partial charge in [0.2, 0.25) is 0 Å². The van der Waals surface area contributed by atoms with Crippen LogP contribution in [0.1, 0.15) is 6.92 Å². The largest absolute Gasteiger partial charge is 0.466 e. The molecule has 1 N–H and O–H groups in total. The van der Waals surface area contributed by atoms with Gasteiger partial charge in [-0.1, -0.05) is 6.58 Å². The van der Waals surface area contributed by atoms with E-state index < -0.39 is 24.6 Å². The normalized spacial score (nSPS) is 11.6. The summed E-state index contributed by atoms with van der Waals surface area (Å²) in [6, 6.07) is 0. The van der Waals surface area contributed by atoms with E-state index in [1.165, 1.54) is 14.0 Å². The van der Waals surface area contributed by atoms with Crippen LogP contribution in [-0.2, 0) is 19.1 Å². The molecule has 0 aliphatic carbocycles. The van der Waals surface area contributed by atoms with Crippen molar-refractivity contribution in [1.82, 2.24) is 0 Å². The van der Waals surface area contributed by atoms with Gasteiger partial charge in [-0.05, 0) is 0 Å². The van der Waals surface area contributed by atoms with Crippen LogP contribution >= 0.6 is 0 Å². The minimum Gasteiger partial charge on any atom is -0.466 e. The van der Waals surface area contributed by atoms with E-state index in [0.717, 1.165) is 0 Å². The fourth-order valence-electron chi connectivity index (χ4n) is 0.681. The lowest BCUT2D eigenvalue weighted by atomic mass is 10.2. The lowest BCUT2D eigenvalue weighted by Crippen LogP contribution is -2.27. The van der Waals surface area contributed by atoms with Gasteiger partial charge >= 0.3 is 11.9 Å². The molecule has 0 aromatic heterocycles. The van der Waals surface area contributed by atoms with Crippen molar-refractivity contribution in [2.75, 3.05) is 13.7 Å². The third-order valence-electron chi connectivity index (χ3n) is 1.31. The Bertz CT molecular complexity index is 221. The first kappa shape index (κ1) is 11.6. The monoisotopic (exact) mass is 188 g/mol. The second-order valence-corrected chi connectivity index (χ2v) is 2.30. The minimum absolute atomic E-state index is 0.0831. The molecule has 0 aromatic rings. The molecule has 0 unspecified atom stereocenters. The molecule has 0 fully saturated rings. The quantitative estimate of drug-likeness (QED) is 0.481. The molecule has 0 heterocycles. The molecule has 5 nitrogen and oxygen atoms in total. The molecule has 0 saturated carbocycles. The SMILES string of the molecule is C=C(C(=O)OC)[C@H](CO)OC(C)=O. The van der Waals surface area contributed by atoms with Crippen molar-refractivity contribution in [3.8, 4) is 0 Å². The summed E-state index contributed by atoms with van der Waals surface area (Å²) in [5.41, 5.74) is -0.0831. The van der Waals surface area contributed by atoms with E-state index in [1.54, 1.807) is 0 Å². The predicted molar refractivity (Wildman–Crippen MR) is 43.8 cm³/mol. The van der Waals surface area contributed by atoms with Gasteiger partial charge in [0.15, 0.2) is 6.10 Å². The molecule has 5 heteroatoms. The zero-order valence-electron chi connectivity index (χ0n) is 7.57. The Labute approximate surface area is 75.9 Å². The summed E-state index contributed by atoms with van der Waals surface area (Å²) in [5, 5.41) is 8.74.